The molecule has 5 heteroatoms. The van der Waals surface area contributed by atoms with E-state index in [0.29, 0.717) is 0 Å². The maximum atomic E-state index is 9.99. The molecule has 0 aliphatic carbocycles. The highest BCUT2D eigenvalue weighted by Crippen LogP contribution is 1.80. The van der Waals surface area contributed by atoms with Crippen LogP contribution in [0.1, 0.15) is 6.92 Å². The second kappa shape index (κ2) is 10.7. The van der Waals surface area contributed by atoms with Gasteiger partial charge in [0, 0.05) is 6.92 Å². The van der Waals surface area contributed by atoms with E-state index >= 15 is 0 Å². The van der Waals surface area contributed by atoms with Gasteiger partial charge in [0.25, 0.3) is 0 Å². The van der Waals surface area contributed by atoms with E-state index in [-0.39, 0.29) is 11.8 Å². The van der Waals surface area contributed by atoms with Crippen LogP contribution in [0.2, 0.25) is 0 Å². The number of hydrogen-bond donors (Lipinski definition) is 0. The van der Waals surface area contributed by atoms with E-state index in [1.54, 1.807) is 0 Å². The summed E-state index contributed by atoms with van der Waals surface area (Å²) >= 11 is 5.01. The average Bonchev–Trinajstić information content (AvgIpc) is 2.05. The summed E-state index contributed by atoms with van der Waals surface area (Å²) in [6.45, 7) is 7.63. The molecule has 0 amide bonds. The van der Waals surface area contributed by atoms with E-state index in [1.165, 1.54) is 6.92 Å². The molecule has 0 rings (SSSR count). The van der Waals surface area contributed by atoms with Gasteiger partial charge in [-0.05, 0) is 0 Å². The second-order valence-electron chi connectivity index (χ2n) is 1.57. The van der Waals surface area contributed by atoms with Crippen LogP contribution in [0.3, 0.4) is 0 Å². The Morgan fingerprint density at radius 3 is 1.85 bits per heavy atom. The van der Waals surface area contributed by atoms with E-state index in [2.05, 4.69) is 22.6 Å². The van der Waals surface area contributed by atoms with Gasteiger partial charge in [-0.15, -0.1) is 11.6 Å². The Balaban J connectivity index is 0. The van der Waals surface area contributed by atoms with Crippen LogP contribution >= 0.6 is 11.6 Å². The predicted molar refractivity (Wildman–Crippen MR) is 49.0 cm³/mol. The monoisotopic (exact) mass is 206 g/mol. The van der Waals surface area contributed by atoms with Crippen LogP contribution in [-0.2, 0) is 19.1 Å². The number of halogens is 1. The van der Waals surface area contributed by atoms with Gasteiger partial charge >= 0.3 is 11.9 Å². The maximum Gasteiger partial charge on any atom is 0.325 e. The average molecular weight is 207 g/mol. The standard InChI is InChI=1S/C4H5ClO2.C4H6O2/c1-2-7-4(6)3-5;1-3-6-4(2)5/h2H,1,3H2;3H,1H2,2H3. The summed E-state index contributed by atoms with van der Waals surface area (Å²) < 4.78 is 8.35. The Hall–Kier alpha value is -1.29. The van der Waals surface area contributed by atoms with Crippen molar-refractivity contribution in [2.45, 2.75) is 6.92 Å². The maximum absolute atomic E-state index is 9.99. The number of alkyl halides is 1. The quantitative estimate of drug-likeness (QED) is 0.400. The molecule has 0 aromatic carbocycles. The molecule has 4 nitrogen and oxygen atoms in total. The van der Waals surface area contributed by atoms with E-state index in [0.717, 1.165) is 12.5 Å². The summed E-state index contributed by atoms with van der Waals surface area (Å²) in [6.07, 6.45) is 2.15. The molecule has 0 aliphatic rings. The first-order valence-corrected chi connectivity index (χ1v) is 3.76. The summed E-state index contributed by atoms with van der Waals surface area (Å²) in [4.78, 5) is 19.7. The summed E-state index contributed by atoms with van der Waals surface area (Å²) in [6, 6.07) is 0. The van der Waals surface area contributed by atoms with Crippen molar-refractivity contribution < 1.29 is 19.1 Å². The minimum absolute atomic E-state index is 0.119. The zero-order valence-electron chi connectivity index (χ0n) is 7.29. The summed E-state index contributed by atoms with van der Waals surface area (Å²) in [5.41, 5.74) is 0. The van der Waals surface area contributed by atoms with Gasteiger partial charge in [-0.25, -0.2) is 0 Å². The first-order chi connectivity index (χ1) is 6.08. The van der Waals surface area contributed by atoms with Crippen molar-refractivity contribution in [1.29, 1.82) is 0 Å². The number of hydrogen-bond acceptors (Lipinski definition) is 4. The Bertz CT molecular complexity index is 189. The fourth-order valence-electron chi connectivity index (χ4n) is 0.242. The van der Waals surface area contributed by atoms with Gasteiger partial charge in [0.1, 0.15) is 5.88 Å². The molecule has 0 aliphatic heterocycles. The molecule has 0 fully saturated rings. The molecule has 0 spiro atoms. The Morgan fingerprint density at radius 2 is 1.77 bits per heavy atom. The molecule has 0 radical (unpaired) electrons. The molecule has 0 saturated carbocycles. The third-order valence-corrected chi connectivity index (χ3v) is 0.791. The Morgan fingerprint density at radius 1 is 1.31 bits per heavy atom. The first-order valence-electron chi connectivity index (χ1n) is 3.23. The molecular formula is C8H11ClO4. The van der Waals surface area contributed by atoms with Crippen LogP contribution in [0.25, 0.3) is 0 Å². The lowest BCUT2D eigenvalue weighted by molar-refractivity contribution is -0.136. The van der Waals surface area contributed by atoms with E-state index < -0.39 is 5.97 Å². The van der Waals surface area contributed by atoms with Crippen LogP contribution in [0.5, 0.6) is 0 Å². The summed E-state index contributed by atoms with van der Waals surface area (Å²) in [5, 5.41) is 0. The highest BCUT2D eigenvalue weighted by molar-refractivity contribution is 6.26. The molecule has 0 unspecified atom stereocenters. The highest BCUT2D eigenvalue weighted by Gasteiger charge is 1.91. The largest absolute Gasteiger partial charge is 0.435 e. The van der Waals surface area contributed by atoms with Crippen molar-refractivity contribution in [1.82, 2.24) is 0 Å². The molecule has 74 valence electrons. The van der Waals surface area contributed by atoms with Crippen LogP contribution in [0.4, 0.5) is 0 Å². The number of carbonyl (C=O) groups excluding carboxylic acids is 2. The van der Waals surface area contributed by atoms with E-state index in [1.807, 2.05) is 0 Å². The third-order valence-electron chi connectivity index (χ3n) is 0.573. The lowest BCUT2D eigenvalue weighted by Crippen LogP contribution is -1.98. The van der Waals surface area contributed by atoms with Crippen molar-refractivity contribution in [3.05, 3.63) is 25.7 Å². The fraction of sp³-hybridized carbons (Fsp3) is 0.250. The number of carbonyl (C=O) groups is 2. The molecule has 0 atom stereocenters. The van der Waals surface area contributed by atoms with Crippen molar-refractivity contribution in [2.75, 3.05) is 5.88 Å². The van der Waals surface area contributed by atoms with Gasteiger partial charge in [0.05, 0.1) is 12.5 Å². The normalized spacial score (nSPS) is 7.23. The first kappa shape index (κ1) is 14.2. The second-order valence-corrected chi connectivity index (χ2v) is 1.83. The SMILES string of the molecule is C=COC(=O)CCl.C=COC(C)=O. The van der Waals surface area contributed by atoms with Gasteiger partial charge in [-0.2, -0.15) is 0 Å². The minimum atomic E-state index is -0.475. The lowest BCUT2D eigenvalue weighted by Gasteiger charge is -1.87. The molecule has 0 aromatic heterocycles. The van der Waals surface area contributed by atoms with Gasteiger partial charge < -0.3 is 9.47 Å². The highest BCUT2D eigenvalue weighted by atomic mass is 35.5. The molecule has 0 bridgehead atoms. The molecule has 0 heterocycles. The van der Waals surface area contributed by atoms with Crippen molar-refractivity contribution >= 4 is 23.5 Å². The summed E-state index contributed by atoms with van der Waals surface area (Å²) in [5.74, 6) is -0.923. The zero-order chi connectivity index (χ0) is 10.7. The van der Waals surface area contributed by atoms with Crippen LogP contribution in [0, 0.1) is 0 Å². The van der Waals surface area contributed by atoms with E-state index in [4.69, 9.17) is 11.6 Å². The van der Waals surface area contributed by atoms with Crippen molar-refractivity contribution in [3.8, 4) is 0 Å². The lowest BCUT2D eigenvalue weighted by atomic mass is 10.8. The molecular weight excluding hydrogens is 196 g/mol. The molecule has 0 N–H and O–H groups in total. The van der Waals surface area contributed by atoms with Gasteiger partial charge in [-0.3, -0.25) is 9.59 Å². The Kier molecular flexibility index (Phi) is 11.7. The van der Waals surface area contributed by atoms with Gasteiger partial charge in [0.2, 0.25) is 0 Å². The van der Waals surface area contributed by atoms with Crippen LogP contribution < -0.4 is 0 Å². The van der Waals surface area contributed by atoms with Crippen LogP contribution in [0.15, 0.2) is 25.7 Å². The number of ether oxygens (including phenoxy) is 2. The third kappa shape index (κ3) is 18.0. The van der Waals surface area contributed by atoms with Crippen molar-refractivity contribution in [2.24, 2.45) is 0 Å². The smallest absolute Gasteiger partial charge is 0.325 e. The van der Waals surface area contributed by atoms with Crippen molar-refractivity contribution in [3.63, 3.8) is 0 Å². The summed E-state index contributed by atoms with van der Waals surface area (Å²) in [7, 11) is 0. The molecule has 0 aromatic rings. The minimum Gasteiger partial charge on any atom is -0.435 e. The molecule has 13 heavy (non-hydrogen) atoms. The number of rotatable bonds is 3. The number of esters is 2. The van der Waals surface area contributed by atoms with Gasteiger partial charge in [0.15, 0.2) is 0 Å². The van der Waals surface area contributed by atoms with Gasteiger partial charge in [-0.1, -0.05) is 13.2 Å². The fourth-order valence-corrected chi connectivity index (χ4v) is 0.305. The van der Waals surface area contributed by atoms with Crippen LogP contribution in [-0.4, -0.2) is 17.8 Å². The van der Waals surface area contributed by atoms with E-state index in [9.17, 15) is 9.59 Å². The zero-order valence-corrected chi connectivity index (χ0v) is 8.04. The topological polar surface area (TPSA) is 52.6 Å². The molecule has 0 saturated heterocycles. The Labute approximate surface area is 81.8 Å². The predicted octanol–water partition coefficient (Wildman–Crippen LogP) is 1.60.